The van der Waals surface area contributed by atoms with E-state index >= 15 is 0 Å². The number of ether oxygens (including phenoxy) is 1. The summed E-state index contributed by atoms with van der Waals surface area (Å²) in [5.41, 5.74) is 8.56. The van der Waals surface area contributed by atoms with Crippen molar-refractivity contribution in [3.8, 4) is 5.75 Å². The number of pyridine rings is 1. The van der Waals surface area contributed by atoms with E-state index in [9.17, 15) is 4.79 Å². The van der Waals surface area contributed by atoms with Crippen LogP contribution in [-0.4, -0.2) is 66.9 Å². The maximum absolute atomic E-state index is 12.2. The molecule has 0 aliphatic carbocycles. The molecule has 1 saturated heterocycles. The number of amides is 2. The fourth-order valence-electron chi connectivity index (χ4n) is 4.47. The molecule has 3 aromatic rings. The van der Waals surface area contributed by atoms with E-state index < -0.39 is 6.03 Å². The number of carbonyl (C=O) groups is 1. The quantitative estimate of drug-likeness (QED) is 0.549. The molecule has 0 spiro atoms. The van der Waals surface area contributed by atoms with Crippen LogP contribution < -0.4 is 20.3 Å². The Morgan fingerprint density at radius 1 is 1.12 bits per heavy atom. The number of piperazine rings is 1. The number of benzene rings is 1. The SMILES string of the molecule is COc1ccccc1N1CCN(CCCCN(C(N)=O)c2cn(C)c3ncccc23)CC1. The minimum absolute atomic E-state index is 0.424. The van der Waals surface area contributed by atoms with E-state index in [1.807, 2.05) is 42.1 Å². The van der Waals surface area contributed by atoms with Crippen LogP contribution in [0.15, 0.2) is 48.8 Å². The molecule has 8 heteroatoms. The third kappa shape index (κ3) is 4.65. The smallest absolute Gasteiger partial charge is 0.319 e. The number of anilines is 2. The van der Waals surface area contributed by atoms with Gasteiger partial charge in [-0.05, 0) is 43.7 Å². The number of nitrogens with two attached hydrogens (primary N) is 1. The zero-order valence-electron chi connectivity index (χ0n) is 18.9. The van der Waals surface area contributed by atoms with E-state index in [4.69, 9.17) is 10.5 Å². The van der Waals surface area contributed by atoms with Crippen LogP contribution in [0, 0.1) is 0 Å². The van der Waals surface area contributed by atoms with Crippen LogP contribution in [0.4, 0.5) is 16.2 Å². The Balaban J connectivity index is 1.28. The second-order valence-electron chi connectivity index (χ2n) is 8.20. The van der Waals surface area contributed by atoms with E-state index in [0.29, 0.717) is 6.54 Å². The summed E-state index contributed by atoms with van der Waals surface area (Å²) in [6.45, 7) is 5.63. The summed E-state index contributed by atoms with van der Waals surface area (Å²) in [4.78, 5) is 23.1. The fraction of sp³-hybridized carbons (Fsp3) is 0.417. The number of rotatable bonds is 8. The van der Waals surface area contributed by atoms with Crippen molar-refractivity contribution in [1.82, 2.24) is 14.5 Å². The average Bonchev–Trinajstić information content (AvgIpc) is 3.15. The van der Waals surface area contributed by atoms with Crippen molar-refractivity contribution < 1.29 is 9.53 Å². The minimum atomic E-state index is -0.424. The number of fused-ring (bicyclic) bond motifs is 1. The number of methoxy groups -OCH3 is 1. The van der Waals surface area contributed by atoms with Gasteiger partial charge in [-0.15, -0.1) is 0 Å². The number of urea groups is 1. The first-order valence-electron chi connectivity index (χ1n) is 11.2. The third-order valence-electron chi connectivity index (χ3n) is 6.17. The van der Waals surface area contributed by atoms with Gasteiger partial charge in [0.15, 0.2) is 0 Å². The lowest BCUT2D eigenvalue weighted by Crippen LogP contribution is -2.46. The molecule has 1 aromatic carbocycles. The molecule has 4 rings (SSSR count). The number of hydrogen-bond donors (Lipinski definition) is 1. The zero-order chi connectivity index (χ0) is 22.5. The highest BCUT2D eigenvalue weighted by Crippen LogP contribution is 2.29. The summed E-state index contributed by atoms with van der Waals surface area (Å²) in [5, 5.41) is 0.946. The summed E-state index contributed by atoms with van der Waals surface area (Å²) in [6.07, 6.45) is 5.60. The van der Waals surface area contributed by atoms with Gasteiger partial charge in [-0.25, -0.2) is 9.78 Å². The van der Waals surface area contributed by atoms with Crippen LogP contribution in [0.1, 0.15) is 12.8 Å². The molecule has 8 nitrogen and oxygen atoms in total. The van der Waals surface area contributed by atoms with Crippen molar-refractivity contribution in [3.63, 3.8) is 0 Å². The molecule has 0 atom stereocenters. The number of carbonyl (C=O) groups excluding carboxylic acids is 1. The molecular formula is C24H32N6O2. The van der Waals surface area contributed by atoms with Crippen molar-refractivity contribution >= 4 is 28.4 Å². The predicted octanol–water partition coefficient (Wildman–Crippen LogP) is 3.07. The van der Waals surface area contributed by atoms with Gasteiger partial charge in [0, 0.05) is 57.6 Å². The number of para-hydroxylation sites is 2. The number of primary amides is 1. The molecule has 0 saturated carbocycles. The number of unbranched alkanes of at least 4 members (excludes halogenated alkanes) is 1. The maximum atomic E-state index is 12.2. The lowest BCUT2D eigenvalue weighted by molar-refractivity contribution is 0.248. The van der Waals surface area contributed by atoms with Crippen LogP contribution >= 0.6 is 0 Å². The second-order valence-corrected chi connectivity index (χ2v) is 8.20. The van der Waals surface area contributed by atoms with E-state index in [1.54, 1.807) is 18.2 Å². The average molecular weight is 437 g/mol. The standard InChI is InChI=1S/C24H32N6O2/c1-27-18-21(19-8-7-11-26-23(19)27)30(24(25)31)13-6-5-12-28-14-16-29(17-15-28)20-9-3-4-10-22(20)32-2/h3-4,7-11,18H,5-6,12-17H2,1-2H3,(H2,25,31). The topological polar surface area (TPSA) is 79.9 Å². The Morgan fingerprint density at radius 3 is 2.66 bits per heavy atom. The molecule has 1 fully saturated rings. The van der Waals surface area contributed by atoms with E-state index in [2.05, 4.69) is 26.9 Å². The van der Waals surface area contributed by atoms with E-state index in [-0.39, 0.29) is 0 Å². The predicted molar refractivity (Wildman–Crippen MR) is 129 cm³/mol. The lowest BCUT2D eigenvalue weighted by Gasteiger charge is -2.36. The van der Waals surface area contributed by atoms with Crippen molar-refractivity contribution in [1.29, 1.82) is 0 Å². The normalized spacial score (nSPS) is 14.6. The van der Waals surface area contributed by atoms with Crippen LogP contribution in [0.5, 0.6) is 5.75 Å². The number of hydrogen-bond acceptors (Lipinski definition) is 5. The van der Waals surface area contributed by atoms with Crippen LogP contribution in [-0.2, 0) is 7.05 Å². The van der Waals surface area contributed by atoms with Crippen molar-refractivity contribution in [2.75, 3.05) is 56.2 Å². The first kappa shape index (κ1) is 22.0. The maximum Gasteiger partial charge on any atom is 0.319 e. The highest BCUT2D eigenvalue weighted by atomic mass is 16.5. The van der Waals surface area contributed by atoms with Crippen LogP contribution in [0.2, 0.25) is 0 Å². The first-order chi connectivity index (χ1) is 15.6. The molecule has 170 valence electrons. The molecule has 0 bridgehead atoms. The van der Waals surface area contributed by atoms with Gasteiger partial charge in [0.25, 0.3) is 0 Å². The van der Waals surface area contributed by atoms with E-state index in [0.717, 1.165) is 73.7 Å². The second kappa shape index (κ2) is 9.91. The van der Waals surface area contributed by atoms with Gasteiger partial charge < -0.3 is 19.9 Å². The van der Waals surface area contributed by atoms with Gasteiger partial charge in [0.1, 0.15) is 11.4 Å². The summed E-state index contributed by atoms with van der Waals surface area (Å²) in [7, 11) is 3.65. The molecule has 2 N–H and O–H groups in total. The van der Waals surface area contributed by atoms with Gasteiger partial charge in [-0.1, -0.05) is 12.1 Å². The Kier molecular flexibility index (Phi) is 6.80. The number of nitrogens with zero attached hydrogens (tertiary/aromatic N) is 5. The van der Waals surface area contributed by atoms with Gasteiger partial charge in [-0.2, -0.15) is 0 Å². The Hall–Kier alpha value is -3.26. The Morgan fingerprint density at radius 2 is 1.91 bits per heavy atom. The molecule has 1 aliphatic rings. The molecule has 2 amide bonds. The van der Waals surface area contributed by atoms with Gasteiger partial charge in [0.2, 0.25) is 0 Å². The highest BCUT2D eigenvalue weighted by molar-refractivity contribution is 6.01. The lowest BCUT2D eigenvalue weighted by atomic mass is 10.2. The minimum Gasteiger partial charge on any atom is -0.495 e. The van der Waals surface area contributed by atoms with Crippen molar-refractivity contribution in [2.24, 2.45) is 12.8 Å². The van der Waals surface area contributed by atoms with E-state index in [1.165, 1.54) is 0 Å². The summed E-state index contributed by atoms with van der Waals surface area (Å²) >= 11 is 0. The monoisotopic (exact) mass is 436 g/mol. The molecule has 32 heavy (non-hydrogen) atoms. The summed E-state index contributed by atoms with van der Waals surface area (Å²) in [6, 6.07) is 11.6. The van der Waals surface area contributed by atoms with Gasteiger partial charge in [-0.3, -0.25) is 9.80 Å². The highest BCUT2D eigenvalue weighted by Gasteiger charge is 2.20. The van der Waals surface area contributed by atoms with Gasteiger partial charge in [0.05, 0.1) is 18.5 Å². The number of aryl methyl sites for hydroxylation is 1. The van der Waals surface area contributed by atoms with Crippen LogP contribution in [0.25, 0.3) is 11.0 Å². The van der Waals surface area contributed by atoms with Crippen LogP contribution in [0.3, 0.4) is 0 Å². The summed E-state index contributed by atoms with van der Waals surface area (Å²) in [5.74, 6) is 0.927. The fourth-order valence-corrected chi connectivity index (χ4v) is 4.47. The largest absolute Gasteiger partial charge is 0.495 e. The Bertz CT molecular complexity index is 1060. The molecule has 3 heterocycles. The molecule has 0 radical (unpaired) electrons. The first-order valence-corrected chi connectivity index (χ1v) is 11.2. The molecule has 1 aliphatic heterocycles. The number of aromatic nitrogens is 2. The van der Waals surface area contributed by atoms with Gasteiger partial charge >= 0.3 is 6.03 Å². The Labute approximate surface area is 189 Å². The molecule has 0 unspecified atom stereocenters. The zero-order valence-corrected chi connectivity index (χ0v) is 18.9. The molecule has 2 aromatic heterocycles. The van der Waals surface area contributed by atoms with Crippen molar-refractivity contribution in [3.05, 3.63) is 48.8 Å². The molecular weight excluding hydrogens is 404 g/mol. The third-order valence-corrected chi connectivity index (χ3v) is 6.17. The summed E-state index contributed by atoms with van der Waals surface area (Å²) < 4.78 is 7.44. The van der Waals surface area contributed by atoms with Crippen molar-refractivity contribution in [2.45, 2.75) is 12.8 Å².